The van der Waals surface area contributed by atoms with Gasteiger partial charge in [0.1, 0.15) is 16.8 Å². The van der Waals surface area contributed by atoms with Gasteiger partial charge in [0.25, 0.3) is 0 Å². The SMILES string of the molecule is COc1cc(CN2CCNCC2)ccc1Cn1ncc2nc(N)nc(NCC3CC4(CC4)C3)c21. The van der Waals surface area contributed by atoms with E-state index in [2.05, 4.69) is 48.8 Å². The van der Waals surface area contributed by atoms with Crippen LogP contribution in [0, 0.1) is 11.3 Å². The van der Waals surface area contributed by atoms with Gasteiger partial charge in [0.15, 0.2) is 5.82 Å². The highest BCUT2D eigenvalue weighted by Crippen LogP contribution is 2.63. The summed E-state index contributed by atoms with van der Waals surface area (Å²) < 4.78 is 7.73. The molecule has 0 unspecified atom stereocenters. The standard InChI is InChI=1S/C25H34N8O/c1-34-21-10-17(15-32-8-6-27-7-9-32)2-3-19(21)16-33-22-20(14-29-33)30-24(26)31-23(22)28-13-18-11-25(12-18)4-5-25/h2-3,10,14,18,27H,4-9,11-13,15-16H2,1H3,(H3,26,28,30,31). The summed E-state index contributed by atoms with van der Waals surface area (Å²) in [6, 6.07) is 6.50. The molecule has 3 heterocycles. The lowest BCUT2D eigenvalue weighted by molar-refractivity contribution is 0.180. The van der Waals surface area contributed by atoms with Gasteiger partial charge >= 0.3 is 0 Å². The zero-order chi connectivity index (χ0) is 23.1. The van der Waals surface area contributed by atoms with Crippen molar-refractivity contribution in [3.8, 4) is 5.75 Å². The van der Waals surface area contributed by atoms with Gasteiger partial charge < -0.3 is 21.1 Å². The Bertz CT molecular complexity index is 1170. The summed E-state index contributed by atoms with van der Waals surface area (Å²) in [5.74, 6) is 2.64. The molecule has 2 aromatic heterocycles. The minimum absolute atomic E-state index is 0.275. The Hall–Kier alpha value is -2.91. The molecule has 9 nitrogen and oxygen atoms in total. The number of nitrogens with two attached hydrogens (primary N) is 1. The smallest absolute Gasteiger partial charge is 0.222 e. The molecule has 1 aromatic carbocycles. The number of fused-ring (bicyclic) bond motifs is 1. The number of piperazine rings is 1. The summed E-state index contributed by atoms with van der Waals surface area (Å²) in [5, 5.41) is 11.6. The van der Waals surface area contributed by atoms with Crippen LogP contribution < -0.4 is 21.1 Å². The average molecular weight is 463 g/mol. The van der Waals surface area contributed by atoms with Crippen LogP contribution in [-0.4, -0.2) is 64.5 Å². The lowest BCUT2D eigenvalue weighted by Crippen LogP contribution is -2.42. The quantitative estimate of drug-likeness (QED) is 0.469. The van der Waals surface area contributed by atoms with E-state index >= 15 is 0 Å². The fraction of sp³-hybridized carbons (Fsp3) is 0.560. The van der Waals surface area contributed by atoms with Gasteiger partial charge in [-0.3, -0.25) is 9.58 Å². The number of hydrogen-bond acceptors (Lipinski definition) is 8. The zero-order valence-corrected chi connectivity index (χ0v) is 19.9. The van der Waals surface area contributed by atoms with Crippen LogP contribution in [0.25, 0.3) is 11.0 Å². The van der Waals surface area contributed by atoms with E-state index in [0.29, 0.717) is 17.9 Å². The number of rotatable bonds is 8. The van der Waals surface area contributed by atoms with Gasteiger partial charge in [-0.15, -0.1) is 0 Å². The van der Waals surface area contributed by atoms with E-state index in [1.54, 1.807) is 13.3 Å². The Morgan fingerprint density at radius 1 is 1.18 bits per heavy atom. The van der Waals surface area contributed by atoms with Crippen LogP contribution in [0.3, 0.4) is 0 Å². The first-order valence-electron chi connectivity index (χ1n) is 12.4. The van der Waals surface area contributed by atoms with Crippen LogP contribution in [0.2, 0.25) is 0 Å². The van der Waals surface area contributed by atoms with Crippen LogP contribution in [0.1, 0.15) is 36.8 Å². The highest BCUT2D eigenvalue weighted by molar-refractivity contribution is 5.86. The van der Waals surface area contributed by atoms with Crippen molar-refractivity contribution in [3.05, 3.63) is 35.5 Å². The molecule has 0 amide bonds. The highest BCUT2D eigenvalue weighted by atomic mass is 16.5. The average Bonchev–Trinajstić information content (AvgIpc) is 3.53. The molecule has 0 bridgehead atoms. The molecule has 1 saturated heterocycles. The number of ether oxygens (including phenoxy) is 1. The summed E-state index contributed by atoms with van der Waals surface area (Å²) in [5.41, 5.74) is 10.7. The molecule has 2 aliphatic carbocycles. The minimum atomic E-state index is 0.275. The first-order valence-corrected chi connectivity index (χ1v) is 12.4. The molecule has 9 heteroatoms. The first-order chi connectivity index (χ1) is 16.6. The second-order valence-corrected chi connectivity index (χ2v) is 10.3. The van der Waals surface area contributed by atoms with E-state index in [9.17, 15) is 0 Å². The maximum absolute atomic E-state index is 6.00. The summed E-state index contributed by atoms with van der Waals surface area (Å²) in [7, 11) is 1.73. The number of nitrogen functional groups attached to an aromatic ring is 1. The topological polar surface area (TPSA) is 106 Å². The van der Waals surface area contributed by atoms with Gasteiger partial charge in [-0.25, -0.2) is 4.98 Å². The Kier molecular flexibility index (Phi) is 5.53. The minimum Gasteiger partial charge on any atom is -0.496 e. The fourth-order valence-corrected chi connectivity index (χ4v) is 5.70. The first kappa shape index (κ1) is 21.6. The summed E-state index contributed by atoms with van der Waals surface area (Å²) >= 11 is 0. The monoisotopic (exact) mass is 462 g/mol. The van der Waals surface area contributed by atoms with Gasteiger partial charge in [-0.2, -0.15) is 10.1 Å². The van der Waals surface area contributed by atoms with Gasteiger partial charge in [-0.1, -0.05) is 12.1 Å². The van der Waals surface area contributed by atoms with Crippen molar-refractivity contribution in [1.29, 1.82) is 0 Å². The van der Waals surface area contributed by atoms with Crippen molar-refractivity contribution in [2.24, 2.45) is 11.3 Å². The molecule has 0 radical (unpaired) electrons. The number of anilines is 2. The summed E-state index contributed by atoms with van der Waals surface area (Å²) in [6.45, 7) is 6.68. The maximum Gasteiger partial charge on any atom is 0.222 e. The van der Waals surface area contributed by atoms with Crippen LogP contribution in [0.15, 0.2) is 24.4 Å². The van der Waals surface area contributed by atoms with Crippen molar-refractivity contribution in [1.82, 2.24) is 30.0 Å². The third kappa shape index (κ3) is 4.30. The number of hydrogen-bond donors (Lipinski definition) is 3. The Morgan fingerprint density at radius 2 is 2.00 bits per heavy atom. The van der Waals surface area contributed by atoms with E-state index in [1.807, 2.05) is 4.68 Å². The molecule has 2 saturated carbocycles. The molecular formula is C25H34N8O. The van der Waals surface area contributed by atoms with Crippen LogP contribution in [0.5, 0.6) is 5.75 Å². The van der Waals surface area contributed by atoms with E-state index in [4.69, 9.17) is 10.5 Å². The predicted molar refractivity (Wildman–Crippen MR) is 133 cm³/mol. The van der Waals surface area contributed by atoms with Gasteiger partial charge in [0.2, 0.25) is 5.95 Å². The Morgan fingerprint density at radius 3 is 2.76 bits per heavy atom. The van der Waals surface area contributed by atoms with Gasteiger partial charge in [-0.05, 0) is 48.6 Å². The van der Waals surface area contributed by atoms with E-state index < -0.39 is 0 Å². The predicted octanol–water partition coefficient (Wildman–Crippen LogP) is 2.47. The highest BCUT2D eigenvalue weighted by Gasteiger charge is 2.52. The third-order valence-corrected chi connectivity index (χ3v) is 7.75. The lowest BCUT2D eigenvalue weighted by Gasteiger charge is -2.36. The lowest BCUT2D eigenvalue weighted by atomic mass is 9.72. The normalized spacial score (nSPS) is 19.9. The fourth-order valence-electron chi connectivity index (χ4n) is 5.70. The van der Waals surface area contributed by atoms with Gasteiger partial charge in [0, 0.05) is 44.8 Å². The molecule has 0 atom stereocenters. The van der Waals surface area contributed by atoms with Crippen molar-refractivity contribution < 1.29 is 4.74 Å². The van der Waals surface area contributed by atoms with Crippen LogP contribution in [0.4, 0.5) is 11.8 Å². The Balaban J connectivity index is 1.21. The third-order valence-electron chi connectivity index (χ3n) is 7.75. The number of nitrogens with one attached hydrogen (secondary N) is 2. The molecule has 1 aliphatic heterocycles. The van der Waals surface area contributed by atoms with Crippen LogP contribution >= 0.6 is 0 Å². The van der Waals surface area contributed by atoms with Gasteiger partial charge in [0.05, 0.1) is 19.9 Å². The van der Waals surface area contributed by atoms with Crippen molar-refractivity contribution in [3.63, 3.8) is 0 Å². The van der Waals surface area contributed by atoms with Crippen molar-refractivity contribution in [2.75, 3.05) is 50.9 Å². The number of benzene rings is 1. The van der Waals surface area contributed by atoms with Crippen molar-refractivity contribution in [2.45, 2.75) is 38.8 Å². The number of nitrogens with zero attached hydrogens (tertiary/aromatic N) is 5. The molecule has 3 aliphatic rings. The second kappa shape index (κ2) is 8.70. The second-order valence-electron chi connectivity index (χ2n) is 10.3. The maximum atomic E-state index is 6.00. The zero-order valence-electron chi connectivity index (χ0n) is 19.9. The van der Waals surface area contributed by atoms with E-state index in [1.165, 1.54) is 31.2 Å². The van der Waals surface area contributed by atoms with Crippen molar-refractivity contribution >= 4 is 22.8 Å². The molecule has 4 N–H and O–H groups in total. The van der Waals surface area contributed by atoms with E-state index in [-0.39, 0.29) is 5.95 Å². The molecule has 180 valence electrons. The molecule has 6 rings (SSSR count). The molecular weight excluding hydrogens is 428 g/mol. The molecule has 34 heavy (non-hydrogen) atoms. The molecule has 3 fully saturated rings. The van der Waals surface area contributed by atoms with E-state index in [0.717, 1.165) is 67.4 Å². The van der Waals surface area contributed by atoms with Crippen LogP contribution in [-0.2, 0) is 13.1 Å². The number of aromatic nitrogens is 4. The number of methoxy groups -OCH3 is 1. The molecule has 3 aromatic rings. The molecule has 1 spiro atoms. The Labute approximate surface area is 200 Å². The summed E-state index contributed by atoms with van der Waals surface area (Å²) in [6.07, 6.45) is 7.26. The summed E-state index contributed by atoms with van der Waals surface area (Å²) in [4.78, 5) is 11.4. The largest absolute Gasteiger partial charge is 0.496 e.